The minimum absolute atomic E-state index is 0.131. The number of hydrogen-bond donors (Lipinski definition) is 1. The smallest absolute Gasteiger partial charge is 0.287 e. The van der Waals surface area contributed by atoms with Gasteiger partial charge in [-0.05, 0) is 25.8 Å². The third-order valence-electron chi connectivity index (χ3n) is 3.27. The molecule has 19 heavy (non-hydrogen) atoms. The second-order valence-corrected chi connectivity index (χ2v) is 4.79. The van der Waals surface area contributed by atoms with E-state index in [1.54, 1.807) is 0 Å². The lowest BCUT2D eigenvalue weighted by molar-refractivity contribution is 0.0912. The van der Waals surface area contributed by atoms with E-state index >= 15 is 0 Å². The molecular formula is C15H17NO3. The zero-order valence-corrected chi connectivity index (χ0v) is 10.9. The van der Waals surface area contributed by atoms with Gasteiger partial charge in [0.15, 0.2) is 5.76 Å². The molecule has 0 unspecified atom stereocenters. The summed E-state index contributed by atoms with van der Waals surface area (Å²) in [6, 6.07) is 8.00. The van der Waals surface area contributed by atoms with Crippen molar-refractivity contribution in [1.82, 2.24) is 5.32 Å². The number of hydrogen-bond acceptors (Lipinski definition) is 3. The first-order chi connectivity index (χ1) is 9.29. The molecule has 0 atom stereocenters. The van der Waals surface area contributed by atoms with Gasteiger partial charge in [0.1, 0.15) is 5.58 Å². The van der Waals surface area contributed by atoms with Crippen molar-refractivity contribution in [2.24, 2.45) is 0 Å². The van der Waals surface area contributed by atoms with Crippen LogP contribution in [0.1, 0.15) is 35.9 Å². The summed E-state index contributed by atoms with van der Waals surface area (Å²) < 4.78 is 11.2. The van der Waals surface area contributed by atoms with Crippen LogP contribution in [0, 0.1) is 0 Å². The molecule has 4 heteroatoms. The lowest BCUT2D eigenvalue weighted by atomic mass is 10.1. The summed E-state index contributed by atoms with van der Waals surface area (Å²) >= 11 is 0. The molecule has 0 aliphatic heterocycles. The summed E-state index contributed by atoms with van der Waals surface area (Å²) in [5, 5.41) is 3.92. The average molecular weight is 259 g/mol. The van der Waals surface area contributed by atoms with Gasteiger partial charge in [-0.1, -0.05) is 18.2 Å². The van der Waals surface area contributed by atoms with Crippen LogP contribution in [0.25, 0.3) is 11.0 Å². The van der Waals surface area contributed by atoms with Gasteiger partial charge >= 0.3 is 0 Å². The van der Waals surface area contributed by atoms with Crippen molar-refractivity contribution < 1.29 is 13.9 Å². The third-order valence-corrected chi connectivity index (χ3v) is 3.27. The third kappa shape index (κ3) is 2.49. The molecule has 1 amide bonds. The van der Waals surface area contributed by atoms with E-state index in [-0.39, 0.29) is 5.91 Å². The minimum Gasteiger partial charge on any atom is -0.451 e. The molecule has 1 heterocycles. The van der Waals surface area contributed by atoms with Crippen LogP contribution < -0.4 is 5.32 Å². The van der Waals surface area contributed by atoms with Gasteiger partial charge in [0.25, 0.3) is 5.91 Å². The molecule has 1 aromatic carbocycles. The van der Waals surface area contributed by atoms with Gasteiger partial charge in [0, 0.05) is 23.6 Å². The molecule has 1 aromatic heterocycles. The van der Waals surface area contributed by atoms with E-state index in [2.05, 4.69) is 5.32 Å². The molecule has 0 spiro atoms. The van der Waals surface area contributed by atoms with Gasteiger partial charge in [-0.3, -0.25) is 4.79 Å². The van der Waals surface area contributed by atoms with Gasteiger partial charge in [-0.15, -0.1) is 0 Å². The van der Waals surface area contributed by atoms with Crippen LogP contribution in [0.3, 0.4) is 0 Å². The van der Waals surface area contributed by atoms with Gasteiger partial charge in [-0.25, -0.2) is 0 Å². The maximum atomic E-state index is 12.2. The first-order valence-corrected chi connectivity index (χ1v) is 6.68. The highest BCUT2D eigenvalue weighted by atomic mass is 16.5. The van der Waals surface area contributed by atoms with Crippen molar-refractivity contribution in [3.8, 4) is 0 Å². The Bertz CT molecular complexity index is 598. The average Bonchev–Trinajstić information content (AvgIpc) is 3.15. The fourth-order valence-corrected chi connectivity index (χ4v) is 2.11. The summed E-state index contributed by atoms with van der Waals surface area (Å²) in [6.07, 6.45) is 2.12. The number of nitrogens with one attached hydrogen (secondary N) is 1. The van der Waals surface area contributed by atoms with Gasteiger partial charge < -0.3 is 14.5 Å². The van der Waals surface area contributed by atoms with Crippen molar-refractivity contribution in [3.63, 3.8) is 0 Å². The number of furan rings is 1. The number of fused-ring (bicyclic) bond motifs is 1. The quantitative estimate of drug-likeness (QED) is 0.898. The maximum absolute atomic E-state index is 12.2. The zero-order valence-electron chi connectivity index (χ0n) is 10.9. The molecule has 1 aliphatic carbocycles. The Hall–Kier alpha value is -1.81. The van der Waals surface area contributed by atoms with Gasteiger partial charge in [-0.2, -0.15) is 0 Å². The van der Waals surface area contributed by atoms with Crippen molar-refractivity contribution in [2.75, 3.05) is 6.61 Å². The lowest BCUT2D eigenvalue weighted by Gasteiger charge is -2.04. The molecule has 1 saturated carbocycles. The molecule has 3 rings (SSSR count). The number of ether oxygens (including phenoxy) is 1. The maximum Gasteiger partial charge on any atom is 0.287 e. The van der Waals surface area contributed by atoms with Crippen molar-refractivity contribution in [3.05, 3.63) is 35.6 Å². The summed E-state index contributed by atoms with van der Waals surface area (Å²) in [4.78, 5) is 12.2. The number of benzene rings is 1. The molecule has 1 N–H and O–H groups in total. The Morgan fingerprint density at radius 2 is 2.21 bits per heavy atom. The zero-order chi connectivity index (χ0) is 13.2. The Morgan fingerprint density at radius 1 is 1.42 bits per heavy atom. The van der Waals surface area contributed by atoms with Crippen LogP contribution in [-0.2, 0) is 11.3 Å². The number of carbonyl (C=O) groups is 1. The second-order valence-electron chi connectivity index (χ2n) is 4.79. The Labute approximate surface area is 111 Å². The normalized spacial score (nSPS) is 14.8. The van der Waals surface area contributed by atoms with Gasteiger partial charge in [0.2, 0.25) is 0 Å². The monoisotopic (exact) mass is 259 g/mol. The summed E-state index contributed by atoms with van der Waals surface area (Å²) in [7, 11) is 0. The van der Waals surface area contributed by atoms with Crippen molar-refractivity contribution >= 4 is 16.9 Å². The van der Waals surface area contributed by atoms with E-state index in [0.29, 0.717) is 25.0 Å². The van der Waals surface area contributed by atoms with E-state index in [1.165, 1.54) is 0 Å². The highest BCUT2D eigenvalue weighted by Crippen LogP contribution is 2.28. The number of rotatable bonds is 5. The molecule has 1 fully saturated rings. The molecule has 4 nitrogen and oxygen atoms in total. The molecular weight excluding hydrogens is 242 g/mol. The van der Waals surface area contributed by atoms with E-state index < -0.39 is 0 Å². The second kappa shape index (κ2) is 5.05. The van der Waals surface area contributed by atoms with Crippen LogP contribution in [0.5, 0.6) is 0 Å². The summed E-state index contributed by atoms with van der Waals surface area (Å²) in [5.74, 6) is 0.259. The molecule has 2 aromatic rings. The molecule has 0 radical (unpaired) electrons. The molecule has 1 aliphatic rings. The van der Waals surface area contributed by atoms with Crippen molar-refractivity contribution in [2.45, 2.75) is 32.4 Å². The fourth-order valence-electron chi connectivity index (χ4n) is 2.11. The van der Waals surface area contributed by atoms with Crippen LogP contribution in [0.4, 0.5) is 0 Å². The molecule has 0 bridgehead atoms. The molecule has 100 valence electrons. The number of amides is 1. The number of para-hydroxylation sites is 1. The largest absolute Gasteiger partial charge is 0.451 e. The predicted molar refractivity (Wildman–Crippen MR) is 72.0 cm³/mol. The molecule has 0 saturated heterocycles. The van der Waals surface area contributed by atoms with E-state index in [1.807, 2.05) is 31.2 Å². The summed E-state index contributed by atoms with van der Waals surface area (Å²) in [5.41, 5.74) is 1.58. The number of carbonyl (C=O) groups excluding carboxylic acids is 1. The topological polar surface area (TPSA) is 51.5 Å². The van der Waals surface area contributed by atoms with E-state index in [9.17, 15) is 4.79 Å². The van der Waals surface area contributed by atoms with Crippen LogP contribution in [0.2, 0.25) is 0 Å². The lowest BCUT2D eigenvalue weighted by Crippen LogP contribution is -2.25. The predicted octanol–water partition coefficient (Wildman–Crippen LogP) is 2.86. The SMILES string of the molecule is CCOCc1c(C(=O)NC2CC2)oc2ccccc12. The summed E-state index contributed by atoms with van der Waals surface area (Å²) in [6.45, 7) is 2.95. The van der Waals surface area contributed by atoms with Crippen LogP contribution >= 0.6 is 0 Å². The fraction of sp³-hybridized carbons (Fsp3) is 0.400. The Morgan fingerprint density at radius 3 is 2.95 bits per heavy atom. The minimum atomic E-state index is -0.131. The van der Waals surface area contributed by atoms with Crippen molar-refractivity contribution in [1.29, 1.82) is 0 Å². The Balaban J connectivity index is 1.97. The Kier molecular flexibility index (Phi) is 3.25. The van der Waals surface area contributed by atoms with Gasteiger partial charge in [0.05, 0.1) is 6.61 Å². The highest BCUT2D eigenvalue weighted by Gasteiger charge is 2.27. The first kappa shape index (κ1) is 12.2. The van der Waals surface area contributed by atoms with Crippen LogP contribution in [0.15, 0.2) is 28.7 Å². The van der Waals surface area contributed by atoms with Crippen LogP contribution in [-0.4, -0.2) is 18.6 Å². The highest BCUT2D eigenvalue weighted by molar-refractivity contribution is 5.99. The van der Waals surface area contributed by atoms with E-state index in [0.717, 1.165) is 29.4 Å². The first-order valence-electron chi connectivity index (χ1n) is 6.68. The standard InChI is InChI=1S/C15H17NO3/c1-2-18-9-12-11-5-3-4-6-13(11)19-14(12)15(17)16-10-7-8-10/h3-6,10H,2,7-9H2,1H3,(H,16,17). The van der Waals surface area contributed by atoms with E-state index in [4.69, 9.17) is 9.15 Å².